The highest BCUT2D eigenvalue weighted by Crippen LogP contribution is 2.26. The second-order valence-electron chi connectivity index (χ2n) is 7.47. The van der Waals surface area contributed by atoms with Crippen molar-refractivity contribution in [3.05, 3.63) is 43.1 Å². The average molecular weight is 418 g/mol. The molecule has 0 unspecified atom stereocenters. The summed E-state index contributed by atoms with van der Waals surface area (Å²) >= 11 is 0. The van der Waals surface area contributed by atoms with Crippen molar-refractivity contribution in [2.24, 2.45) is 5.92 Å². The normalized spacial score (nSPS) is 16.1. The van der Waals surface area contributed by atoms with Crippen molar-refractivity contribution in [2.45, 2.75) is 25.4 Å². The van der Waals surface area contributed by atoms with E-state index in [9.17, 15) is 18.0 Å². The molecule has 6 nitrogen and oxygen atoms in total. The van der Waals surface area contributed by atoms with Gasteiger partial charge < -0.3 is 14.6 Å². The van der Waals surface area contributed by atoms with Gasteiger partial charge in [0.1, 0.15) is 5.82 Å². The molecule has 158 valence electrons. The molecule has 0 spiro atoms. The van der Waals surface area contributed by atoms with Gasteiger partial charge in [0.05, 0.1) is 12.6 Å². The highest BCUT2D eigenvalue weighted by molar-refractivity contribution is 5.94. The lowest BCUT2D eigenvalue weighted by atomic mass is 9.95. The Morgan fingerprint density at radius 2 is 1.97 bits per heavy atom. The second-order valence-corrected chi connectivity index (χ2v) is 7.47. The van der Waals surface area contributed by atoms with Gasteiger partial charge in [-0.25, -0.2) is 9.97 Å². The molecule has 1 aliphatic heterocycles. The minimum atomic E-state index is -4.15. The first-order chi connectivity index (χ1) is 14.4. The molecule has 4 rings (SSSR count). The summed E-state index contributed by atoms with van der Waals surface area (Å²) in [5, 5.41) is 4.67. The number of hydrogen-bond acceptors (Lipinski definition) is 5. The van der Waals surface area contributed by atoms with Crippen molar-refractivity contribution in [2.75, 3.05) is 25.0 Å². The second kappa shape index (κ2) is 8.43. The largest absolute Gasteiger partial charge is 0.444 e. The lowest BCUT2D eigenvalue weighted by Crippen LogP contribution is -2.39. The number of anilines is 1. The van der Waals surface area contributed by atoms with Crippen molar-refractivity contribution in [1.82, 2.24) is 14.9 Å². The van der Waals surface area contributed by atoms with Gasteiger partial charge in [-0.2, -0.15) is 13.2 Å². The molecule has 1 aliphatic rings. The van der Waals surface area contributed by atoms with E-state index in [4.69, 9.17) is 4.42 Å². The molecule has 0 radical (unpaired) electrons. The maximum Gasteiger partial charge on any atom is 0.390 e. The van der Waals surface area contributed by atoms with E-state index in [1.165, 1.54) is 6.39 Å². The number of carbonyl (C=O) groups is 1. The monoisotopic (exact) mass is 418 g/mol. The number of aromatic nitrogens is 2. The van der Waals surface area contributed by atoms with Gasteiger partial charge in [-0.3, -0.25) is 4.79 Å². The van der Waals surface area contributed by atoms with Crippen molar-refractivity contribution < 1.29 is 22.4 Å². The van der Waals surface area contributed by atoms with Crippen LogP contribution in [0.3, 0.4) is 0 Å². The van der Waals surface area contributed by atoms with E-state index < -0.39 is 12.6 Å². The molecule has 3 heterocycles. The number of piperidine rings is 1. The smallest absolute Gasteiger partial charge is 0.390 e. The number of amides is 1. The summed E-state index contributed by atoms with van der Waals surface area (Å²) in [4.78, 5) is 22.6. The Morgan fingerprint density at radius 3 is 2.67 bits per heavy atom. The Bertz CT molecular complexity index is 1010. The molecule has 2 aromatic heterocycles. The molecule has 0 aliphatic carbocycles. The first kappa shape index (κ1) is 20.3. The third-order valence-corrected chi connectivity index (χ3v) is 5.36. The summed E-state index contributed by atoms with van der Waals surface area (Å²) in [5.74, 6) is 0.715. The molecule has 3 aromatic rings. The third kappa shape index (κ3) is 4.96. The van der Waals surface area contributed by atoms with Crippen LogP contribution in [-0.2, 0) is 4.79 Å². The SMILES string of the molecule is O=C(Nc1cc2cc(-c3cnco3)ccc2cn1)C1CCN(CCC(F)(F)F)CC1. The minimum Gasteiger partial charge on any atom is -0.444 e. The van der Waals surface area contributed by atoms with Crippen molar-refractivity contribution in [3.8, 4) is 11.3 Å². The van der Waals surface area contributed by atoms with Crippen molar-refractivity contribution >= 4 is 22.5 Å². The molecular formula is C21H21F3N4O2. The number of halogens is 3. The van der Waals surface area contributed by atoms with E-state index in [0.29, 0.717) is 37.5 Å². The van der Waals surface area contributed by atoms with Crippen LogP contribution in [-0.4, -0.2) is 46.6 Å². The van der Waals surface area contributed by atoms with Crippen LogP contribution in [0.5, 0.6) is 0 Å². The van der Waals surface area contributed by atoms with Crippen LogP contribution in [0.25, 0.3) is 22.1 Å². The highest BCUT2D eigenvalue weighted by atomic mass is 19.4. The zero-order valence-electron chi connectivity index (χ0n) is 16.2. The number of benzene rings is 1. The maximum atomic E-state index is 12.6. The Balaban J connectivity index is 1.37. The third-order valence-electron chi connectivity index (χ3n) is 5.36. The molecule has 0 bridgehead atoms. The van der Waals surface area contributed by atoms with Crippen LogP contribution in [0.4, 0.5) is 19.0 Å². The van der Waals surface area contributed by atoms with Gasteiger partial charge in [0, 0.05) is 29.6 Å². The maximum absolute atomic E-state index is 12.6. The number of oxazole rings is 1. The summed E-state index contributed by atoms with van der Waals surface area (Å²) in [5.41, 5.74) is 0.870. The Hall–Kier alpha value is -2.94. The van der Waals surface area contributed by atoms with E-state index in [2.05, 4.69) is 15.3 Å². The fraction of sp³-hybridized carbons (Fsp3) is 0.381. The van der Waals surface area contributed by atoms with E-state index >= 15 is 0 Å². The van der Waals surface area contributed by atoms with E-state index in [1.807, 2.05) is 18.2 Å². The summed E-state index contributed by atoms with van der Waals surface area (Å²) in [6, 6.07) is 7.57. The van der Waals surface area contributed by atoms with E-state index in [1.54, 1.807) is 23.4 Å². The average Bonchev–Trinajstić information content (AvgIpc) is 3.26. The molecule has 1 fully saturated rings. The highest BCUT2D eigenvalue weighted by Gasteiger charge is 2.30. The van der Waals surface area contributed by atoms with Crippen LogP contribution >= 0.6 is 0 Å². The van der Waals surface area contributed by atoms with Gasteiger partial charge in [0.2, 0.25) is 5.91 Å². The van der Waals surface area contributed by atoms with Crippen LogP contribution in [0.15, 0.2) is 47.5 Å². The van der Waals surface area contributed by atoms with Crippen molar-refractivity contribution in [3.63, 3.8) is 0 Å². The summed E-state index contributed by atoms with van der Waals surface area (Å²) in [6.45, 7) is 0.956. The number of pyridine rings is 1. The molecule has 9 heteroatoms. The predicted molar refractivity (Wildman–Crippen MR) is 106 cm³/mol. The van der Waals surface area contributed by atoms with Gasteiger partial charge >= 0.3 is 6.18 Å². The number of nitrogens with zero attached hydrogens (tertiary/aromatic N) is 3. The first-order valence-corrected chi connectivity index (χ1v) is 9.76. The Morgan fingerprint density at radius 1 is 1.17 bits per heavy atom. The zero-order chi connectivity index (χ0) is 21.1. The lowest BCUT2D eigenvalue weighted by molar-refractivity contribution is -0.139. The number of alkyl halides is 3. The Kier molecular flexibility index (Phi) is 5.72. The number of likely N-dealkylation sites (tertiary alicyclic amines) is 1. The summed E-state index contributed by atoms with van der Waals surface area (Å²) in [7, 11) is 0. The van der Waals surface area contributed by atoms with Crippen LogP contribution in [0, 0.1) is 5.92 Å². The minimum absolute atomic E-state index is 0.0163. The standard InChI is InChI=1S/C21H21F3N4O2/c22-21(23,24)5-8-28-6-3-14(4-7-28)20(29)27-19-10-17-9-15(18-12-25-13-30-18)1-2-16(17)11-26-19/h1-2,9-14H,3-8H2,(H,26,27,29). The van der Waals surface area contributed by atoms with Crippen LogP contribution in [0.2, 0.25) is 0 Å². The molecule has 1 amide bonds. The molecular weight excluding hydrogens is 397 g/mol. The number of nitrogens with one attached hydrogen (secondary N) is 1. The van der Waals surface area contributed by atoms with Gasteiger partial charge in [-0.1, -0.05) is 12.1 Å². The molecule has 0 saturated carbocycles. The zero-order valence-corrected chi connectivity index (χ0v) is 16.2. The quantitative estimate of drug-likeness (QED) is 0.661. The molecule has 30 heavy (non-hydrogen) atoms. The number of hydrogen-bond donors (Lipinski definition) is 1. The first-order valence-electron chi connectivity index (χ1n) is 9.76. The number of rotatable bonds is 5. The predicted octanol–water partition coefficient (Wildman–Crippen LogP) is 4.49. The fourth-order valence-electron chi connectivity index (χ4n) is 3.65. The van der Waals surface area contributed by atoms with Crippen LogP contribution < -0.4 is 5.32 Å². The molecule has 1 aromatic carbocycles. The van der Waals surface area contributed by atoms with Crippen LogP contribution in [0.1, 0.15) is 19.3 Å². The molecule has 0 atom stereocenters. The van der Waals surface area contributed by atoms with E-state index in [0.717, 1.165) is 16.3 Å². The van der Waals surface area contributed by atoms with Gasteiger partial charge in [-0.15, -0.1) is 0 Å². The topological polar surface area (TPSA) is 71.3 Å². The Labute approximate surface area is 171 Å². The van der Waals surface area contributed by atoms with Gasteiger partial charge in [0.25, 0.3) is 0 Å². The number of carbonyl (C=O) groups excluding carboxylic acids is 1. The lowest BCUT2D eigenvalue weighted by Gasteiger charge is -2.31. The number of fused-ring (bicyclic) bond motifs is 1. The molecule has 1 saturated heterocycles. The summed E-state index contributed by atoms with van der Waals surface area (Å²) < 4.78 is 42.4. The van der Waals surface area contributed by atoms with Gasteiger partial charge in [-0.05, 0) is 43.5 Å². The van der Waals surface area contributed by atoms with E-state index in [-0.39, 0.29) is 18.4 Å². The fourth-order valence-corrected chi connectivity index (χ4v) is 3.65. The van der Waals surface area contributed by atoms with Crippen molar-refractivity contribution in [1.29, 1.82) is 0 Å². The summed E-state index contributed by atoms with van der Waals surface area (Å²) in [6.07, 6.45) is 0.789. The molecule has 1 N–H and O–H groups in total. The van der Waals surface area contributed by atoms with Gasteiger partial charge in [0.15, 0.2) is 12.2 Å².